The van der Waals surface area contributed by atoms with Gasteiger partial charge in [0.25, 0.3) is 0 Å². The first-order valence-corrected chi connectivity index (χ1v) is 10.5. The molecule has 0 amide bonds. The van der Waals surface area contributed by atoms with Gasteiger partial charge < -0.3 is 4.74 Å². The molecule has 0 saturated heterocycles. The van der Waals surface area contributed by atoms with E-state index >= 15 is 0 Å². The minimum Gasteiger partial charge on any atom is -0.371 e. The van der Waals surface area contributed by atoms with E-state index in [9.17, 15) is 0 Å². The molecule has 3 rings (SSSR count). The number of thiazole rings is 1. The van der Waals surface area contributed by atoms with E-state index in [4.69, 9.17) is 4.74 Å². The number of fused-ring (bicyclic) bond motifs is 1. The van der Waals surface area contributed by atoms with Gasteiger partial charge in [-0.05, 0) is 54.8 Å². The summed E-state index contributed by atoms with van der Waals surface area (Å²) in [7, 11) is 0. The first kappa shape index (κ1) is 18.1. The zero-order valence-electron chi connectivity index (χ0n) is 15.9. The van der Waals surface area contributed by atoms with Crippen molar-refractivity contribution in [1.82, 2.24) is 4.98 Å². The molecule has 1 aromatic rings. The van der Waals surface area contributed by atoms with Crippen LogP contribution in [0.4, 0.5) is 0 Å². The topological polar surface area (TPSA) is 22.1 Å². The average Bonchev–Trinajstić information content (AvgIpc) is 3.04. The second kappa shape index (κ2) is 7.29. The first-order valence-electron chi connectivity index (χ1n) is 9.61. The van der Waals surface area contributed by atoms with Crippen molar-refractivity contribution in [3.63, 3.8) is 0 Å². The normalized spacial score (nSPS) is 33.6. The zero-order valence-corrected chi connectivity index (χ0v) is 16.7. The van der Waals surface area contributed by atoms with Crippen molar-refractivity contribution in [1.29, 1.82) is 0 Å². The largest absolute Gasteiger partial charge is 0.371 e. The van der Waals surface area contributed by atoms with Crippen LogP contribution in [0.5, 0.6) is 0 Å². The van der Waals surface area contributed by atoms with Gasteiger partial charge >= 0.3 is 0 Å². The Bertz CT molecular complexity index is 562. The molecule has 1 saturated carbocycles. The van der Waals surface area contributed by atoms with E-state index in [1.807, 2.05) is 11.6 Å². The molecule has 3 heteroatoms. The van der Waals surface area contributed by atoms with Crippen molar-refractivity contribution in [2.24, 2.45) is 29.1 Å². The van der Waals surface area contributed by atoms with E-state index in [1.165, 1.54) is 19.3 Å². The van der Waals surface area contributed by atoms with Gasteiger partial charge in [0.15, 0.2) is 0 Å². The number of aromatic nitrogens is 1. The zero-order chi connectivity index (χ0) is 17.3. The molecule has 0 aromatic carbocycles. The number of ether oxygens (including phenoxy) is 1. The van der Waals surface area contributed by atoms with Crippen molar-refractivity contribution in [3.05, 3.63) is 28.2 Å². The Morgan fingerprint density at radius 1 is 1.29 bits per heavy atom. The standard InChI is InChI=1S/C21H33NOS/c1-14(2)18-7-6-16-12-17(23-13-19-22-10-11-24-19)8-9-21(16,5)20(18)15(3)4/h6,10-11,14-15,17-18,20H,7-9,12-13H2,1-5H3/t17-,18?,20?,21-/m0/s1. The molecule has 2 aliphatic rings. The quantitative estimate of drug-likeness (QED) is 0.601. The monoisotopic (exact) mass is 347 g/mol. The van der Waals surface area contributed by atoms with Crippen LogP contribution in [0, 0.1) is 29.1 Å². The van der Waals surface area contributed by atoms with Gasteiger partial charge in [0, 0.05) is 11.6 Å². The van der Waals surface area contributed by atoms with E-state index < -0.39 is 0 Å². The molecular formula is C21H33NOS. The molecule has 2 unspecified atom stereocenters. The maximum absolute atomic E-state index is 6.20. The lowest BCUT2D eigenvalue weighted by molar-refractivity contribution is -0.0231. The highest BCUT2D eigenvalue weighted by Gasteiger charge is 2.48. The van der Waals surface area contributed by atoms with Gasteiger partial charge in [0.05, 0.1) is 12.7 Å². The van der Waals surface area contributed by atoms with Crippen LogP contribution in [0.1, 0.15) is 65.3 Å². The van der Waals surface area contributed by atoms with Crippen molar-refractivity contribution in [3.8, 4) is 0 Å². The molecule has 2 nitrogen and oxygen atoms in total. The van der Waals surface area contributed by atoms with E-state index in [0.29, 0.717) is 18.1 Å². The summed E-state index contributed by atoms with van der Waals surface area (Å²) >= 11 is 1.69. The molecule has 1 aromatic heterocycles. The van der Waals surface area contributed by atoms with Gasteiger partial charge in [-0.3, -0.25) is 0 Å². The number of hydrogen-bond acceptors (Lipinski definition) is 3. The SMILES string of the molecule is CC(C)C1CC=C2C[C@@H](OCc3nccs3)CC[C@]2(C)C1C(C)C. The molecule has 2 aliphatic carbocycles. The van der Waals surface area contributed by atoms with Gasteiger partial charge in [-0.15, -0.1) is 11.3 Å². The van der Waals surface area contributed by atoms with Gasteiger partial charge in [-0.1, -0.05) is 46.3 Å². The molecule has 24 heavy (non-hydrogen) atoms. The summed E-state index contributed by atoms with van der Waals surface area (Å²) in [5.41, 5.74) is 2.05. The second-order valence-corrected chi connectivity index (χ2v) is 9.64. The van der Waals surface area contributed by atoms with Gasteiger partial charge in [0.1, 0.15) is 5.01 Å². The fraction of sp³-hybridized carbons (Fsp3) is 0.762. The fourth-order valence-electron chi connectivity index (χ4n) is 5.37. The highest BCUT2D eigenvalue weighted by Crippen LogP contribution is 2.56. The molecular weight excluding hydrogens is 314 g/mol. The summed E-state index contributed by atoms with van der Waals surface area (Å²) in [5, 5.41) is 3.13. The highest BCUT2D eigenvalue weighted by molar-refractivity contribution is 7.09. The van der Waals surface area contributed by atoms with Crippen LogP contribution in [0.3, 0.4) is 0 Å². The number of allylic oxidation sites excluding steroid dienone is 1. The Balaban J connectivity index is 1.72. The van der Waals surface area contributed by atoms with Crippen molar-refractivity contribution in [2.45, 2.75) is 73.0 Å². The lowest BCUT2D eigenvalue weighted by Gasteiger charge is -2.53. The number of nitrogens with zero attached hydrogens (tertiary/aromatic N) is 1. The predicted octanol–water partition coefficient (Wildman–Crippen LogP) is 6.09. The predicted molar refractivity (Wildman–Crippen MR) is 102 cm³/mol. The number of rotatable bonds is 5. The lowest BCUT2D eigenvalue weighted by atomic mass is 9.52. The average molecular weight is 348 g/mol. The minimum atomic E-state index is 0.372. The molecule has 0 aliphatic heterocycles. The Hall–Kier alpha value is -0.670. The first-order chi connectivity index (χ1) is 11.4. The Morgan fingerprint density at radius 2 is 2.08 bits per heavy atom. The van der Waals surface area contributed by atoms with E-state index in [1.54, 1.807) is 16.9 Å². The maximum Gasteiger partial charge on any atom is 0.118 e. The summed E-state index contributed by atoms with van der Waals surface area (Å²) in [5.74, 6) is 3.15. The van der Waals surface area contributed by atoms with Gasteiger partial charge in [0.2, 0.25) is 0 Å². The lowest BCUT2D eigenvalue weighted by Crippen LogP contribution is -2.46. The molecule has 134 valence electrons. The smallest absolute Gasteiger partial charge is 0.118 e. The summed E-state index contributed by atoms with van der Waals surface area (Å²) in [6.45, 7) is 12.9. The van der Waals surface area contributed by atoms with Crippen LogP contribution in [0.2, 0.25) is 0 Å². The van der Waals surface area contributed by atoms with Crippen LogP contribution in [-0.4, -0.2) is 11.1 Å². The highest BCUT2D eigenvalue weighted by atomic mass is 32.1. The maximum atomic E-state index is 6.20. The summed E-state index contributed by atoms with van der Waals surface area (Å²) < 4.78 is 6.20. The minimum absolute atomic E-state index is 0.372. The van der Waals surface area contributed by atoms with E-state index in [0.717, 1.165) is 35.1 Å². The summed E-state index contributed by atoms with van der Waals surface area (Å²) in [6.07, 6.45) is 9.64. The molecule has 0 N–H and O–H groups in total. The third kappa shape index (κ3) is 3.48. The molecule has 0 spiro atoms. The summed E-state index contributed by atoms with van der Waals surface area (Å²) in [4.78, 5) is 4.34. The molecule has 0 bridgehead atoms. The molecule has 1 heterocycles. The number of hydrogen-bond donors (Lipinski definition) is 0. The third-order valence-corrected chi connectivity index (χ3v) is 7.25. The molecule has 4 atom stereocenters. The third-order valence-electron chi connectivity index (χ3n) is 6.50. The van der Waals surface area contributed by atoms with Crippen LogP contribution in [-0.2, 0) is 11.3 Å². The Morgan fingerprint density at radius 3 is 2.71 bits per heavy atom. The fourth-order valence-corrected chi connectivity index (χ4v) is 5.91. The van der Waals surface area contributed by atoms with Crippen molar-refractivity contribution < 1.29 is 4.74 Å². The van der Waals surface area contributed by atoms with Crippen LogP contribution < -0.4 is 0 Å². The van der Waals surface area contributed by atoms with Crippen LogP contribution in [0.25, 0.3) is 0 Å². The second-order valence-electron chi connectivity index (χ2n) is 8.66. The van der Waals surface area contributed by atoms with E-state index in [-0.39, 0.29) is 0 Å². The molecule has 0 radical (unpaired) electrons. The van der Waals surface area contributed by atoms with Crippen LogP contribution in [0.15, 0.2) is 23.2 Å². The van der Waals surface area contributed by atoms with Gasteiger partial charge in [-0.25, -0.2) is 4.98 Å². The van der Waals surface area contributed by atoms with Crippen molar-refractivity contribution in [2.75, 3.05) is 0 Å². The van der Waals surface area contributed by atoms with E-state index in [2.05, 4.69) is 45.7 Å². The molecule has 1 fully saturated rings. The Labute approximate surface area is 151 Å². The van der Waals surface area contributed by atoms with Crippen molar-refractivity contribution >= 4 is 11.3 Å². The van der Waals surface area contributed by atoms with Gasteiger partial charge in [-0.2, -0.15) is 0 Å². The summed E-state index contributed by atoms with van der Waals surface area (Å²) in [6, 6.07) is 0. The Kier molecular flexibility index (Phi) is 5.51. The van der Waals surface area contributed by atoms with Crippen LogP contribution >= 0.6 is 11.3 Å².